The fraction of sp³-hybridized carbons (Fsp3) is 0.571. The van der Waals surface area contributed by atoms with Crippen LogP contribution in [-0.4, -0.2) is 24.9 Å². The fourth-order valence-corrected chi connectivity index (χ4v) is 3.18. The lowest BCUT2D eigenvalue weighted by Gasteiger charge is -2.31. The minimum atomic E-state index is -0.171. The van der Waals surface area contributed by atoms with Crippen molar-refractivity contribution in [2.75, 3.05) is 7.11 Å². The zero-order valence-electron chi connectivity index (χ0n) is 10.2. The topological polar surface area (TPSA) is 44.5 Å². The third-order valence-corrected chi connectivity index (χ3v) is 4.02. The highest BCUT2D eigenvalue weighted by Crippen LogP contribution is 2.42. The second-order valence-electron chi connectivity index (χ2n) is 5.29. The van der Waals surface area contributed by atoms with Crippen LogP contribution in [0.2, 0.25) is 0 Å². The van der Waals surface area contributed by atoms with Gasteiger partial charge in [0.05, 0.1) is 19.3 Å². The van der Waals surface area contributed by atoms with Crippen molar-refractivity contribution >= 4 is 0 Å². The molecule has 1 aromatic rings. The Kier molecular flexibility index (Phi) is 2.60. The van der Waals surface area contributed by atoms with Crippen LogP contribution in [0.3, 0.4) is 0 Å². The molecule has 3 nitrogen and oxygen atoms in total. The molecule has 0 radical (unpaired) electrons. The summed E-state index contributed by atoms with van der Waals surface area (Å²) in [5.41, 5.74) is 7.57. The van der Waals surface area contributed by atoms with E-state index in [1.165, 1.54) is 12.0 Å². The molecule has 3 rings (SSSR count). The molecule has 0 spiro atoms. The SMILES string of the molecule is COc1cccc(CC2(N)CC3CCC2O3)c1. The molecule has 3 atom stereocenters. The monoisotopic (exact) mass is 233 g/mol. The van der Waals surface area contributed by atoms with E-state index in [1.807, 2.05) is 12.1 Å². The molecule has 2 heterocycles. The van der Waals surface area contributed by atoms with Crippen molar-refractivity contribution < 1.29 is 9.47 Å². The molecule has 1 aromatic carbocycles. The van der Waals surface area contributed by atoms with Gasteiger partial charge in [-0.2, -0.15) is 0 Å². The standard InChI is InChI=1S/C14H19NO2/c1-16-11-4-2-3-10(7-11)8-14(15)9-12-5-6-13(14)17-12/h2-4,7,12-13H,5-6,8-9,15H2,1H3. The van der Waals surface area contributed by atoms with E-state index in [0.717, 1.165) is 25.0 Å². The van der Waals surface area contributed by atoms with Gasteiger partial charge in [-0.1, -0.05) is 12.1 Å². The van der Waals surface area contributed by atoms with E-state index in [1.54, 1.807) is 7.11 Å². The largest absolute Gasteiger partial charge is 0.497 e. The first-order chi connectivity index (χ1) is 8.19. The van der Waals surface area contributed by atoms with Crippen molar-refractivity contribution in [1.29, 1.82) is 0 Å². The smallest absolute Gasteiger partial charge is 0.119 e. The maximum absolute atomic E-state index is 6.50. The number of hydrogen-bond acceptors (Lipinski definition) is 3. The first-order valence-corrected chi connectivity index (χ1v) is 6.27. The third-order valence-electron chi connectivity index (χ3n) is 4.02. The van der Waals surface area contributed by atoms with Crippen LogP contribution in [-0.2, 0) is 11.2 Å². The van der Waals surface area contributed by atoms with Gasteiger partial charge in [0, 0.05) is 5.54 Å². The predicted molar refractivity (Wildman–Crippen MR) is 66.1 cm³/mol. The number of benzene rings is 1. The average Bonchev–Trinajstić information content (AvgIpc) is 2.88. The molecule has 92 valence electrons. The number of methoxy groups -OCH3 is 1. The van der Waals surface area contributed by atoms with E-state index in [0.29, 0.717) is 6.10 Å². The lowest BCUT2D eigenvalue weighted by atomic mass is 9.78. The Morgan fingerprint density at radius 3 is 3.00 bits per heavy atom. The van der Waals surface area contributed by atoms with Crippen molar-refractivity contribution in [3.8, 4) is 5.75 Å². The Bertz CT molecular complexity index is 420. The Balaban J connectivity index is 1.78. The normalized spacial score (nSPS) is 35.2. The lowest BCUT2D eigenvalue weighted by Crippen LogP contribution is -2.50. The molecular formula is C14H19NO2. The van der Waals surface area contributed by atoms with Crippen LogP contribution in [0.4, 0.5) is 0 Å². The van der Waals surface area contributed by atoms with E-state index in [4.69, 9.17) is 15.2 Å². The molecule has 2 aliphatic heterocycles. The average molecular weight is 233 g/mol. The van der Waals surface area contributed by atoms with Crippen LogP contribution >= 0.6 is 0 Å². The molecule has 2 bridgehead atoms. The van der Waals surface area contributed by atoms with E-state index < -0.39 is 0 Å². The van der Waals surface area contributed by atoms with Crippen molar-refractivity contribution in [3.63, 3.8) is 0 Å². The molecule has 3 heteroatoms. The molecule has 0 saturated carbocycles. The van der Waals surface area contributed by atoms with Crippen molar-refractivity contribution in [1.82, 2.24) is 0 Å². The lowest BCUT2D eigenvalue weighted by molar-refractivity contribution is 0.0856. The predicted octanol–water partition coefficient (Wildman–Crippen LogP) is 1.89. The van der Waals surface area contributed by atoms with Crippen LogP contribution in [0.25, 0.3) is 0 Å². The van der Waals surface area contributed by atoms with Gasteiger partial charge in [0.1, 0.15) is 5.75 Å². The minimum absolute atomic E-state index is 0.171. The molecule has 2 aliphatic rings. The molecular weight excluding hydrogens is 214 g/mol. The van der Waals surface area contributed by atoms with E-state index in [9.17, 15) is 0 Å². The highest BCUT2D eigenvalue weighted by atomic mass is 16.5. The Hall–Kier alpha value is -1.06. The molecule has 0 aromatic heterocycles. The number of ether oxygens (including phenoxy) is 2. The maximum Gasteiger partial charge on any atom is 0.119 e. The van der Waals surface area contributed by atoms with E-state index in [-0.39, 0.29) is 11.6 Å². The van der Waals surface area contributed by atoms with Crippen molar-refractivity contribution in [3.05, 3.63) is 29.8 Å². The van der Waals surface area contributed by atoms with Gasteiger partial charge in [-0.3, -0.25) is 0 Å². The molecule has 2 saturated heterocycles. The van der Waals surface area contributed by atoms with Gasteiger partial charge >= 0.3 is 0 Å². The first-order valence-electron chi connectivity index (χ1n) is 6.27. The molecule has 0 aliphatic carbocycles. The molecule has 2 N–H and O–H groups in total. The van der Waals surface area contributed by atoms with Crippen LogP contribution in [0, 0.1) is 0 Å². The van der Waals surface area contributed by atoms with Gasteiger partial charge in [-0.15, -0.1) is 0 Å². The van der Waals surface area contributed by atoms with Crippen molar-refractivity contribution in [2.24, 2.45) is 5.73 Å². The minimum Gasteiger partial charge on any atom is -0.497 e. The molecule has 17 heavy (non-hydrogen) atoms. The summed E-state index contributed by atoms with van der Waals surface area (Å²) in [6.07, 6.45) is 4.82. The summed E-state index contributed by atoms with van der Waals surface area (Å²) in [6, 6.07) is 8.17. The Morgan fingerprint density at radius 2 is 2.35 bits per heavy atom. The van der Waals surface area contributed by atoms with E-state index >= 15 is 0 Å². The zero-order valence-corrected chi connectivity index (χ0v) is 10.2. The summed E-state index contributed by atoms with van der Waals surface area (Å²) in [4.78, 5) is 0. The number of fused-ring (bicyclic) bond motifs is 2. The van der Waals surface area contributed by atoms with Gasteiger partial charge < -0.3 is 15.2 Å². The quantitative estimate of drug-likeness (QED) is 0.867. The van der Waals surface area contributed by atoms with Crippen LogP contribution in [0.5, 0.6) is 5.75 Å². The molecule has 3 unspecified atom stereocenters. The van der Waals surface area contributed by atoms with Gasteiger partial charge in [-0.05, 0) is 43.4 Å². The molecule has 0 amide bonds. The van der Waals surface area contributed by atoms with E-state index in [2.05, 4.69) is 12.1 Å². The van der Waals surface area contributed by atoms with Crippen LogP contribution in [0.1, 0.15) is 24.8 Å². The summed E-state index contributed by atoms with van der Waals surface area (Å²) >= 11 is 0. The Labute approximate surface area is 102 Å². The summed E-state index contributed by atoms with van der Waals surface area (Å²) in [7, 11) is 1.69. The summed E-state index contributed by atoms with van der Waals surface area (Å²) in [6.45, 7) is 0. The second-order valence-corrected chi connectivity index (χ2v) is 5.29. The van der Waals surface area contributed by atoms with Crippen molar-refractivity contribution in [2.45, 2.75) is 43.4 Å². The maximum atomic E-state index is 6.50. The summed E-state index contributed by atoms with van der Waals surface area (Å²) < 4.78 is 11.1. The second kappa shape index (κ2) is 4.00. The van der Waals surface area contributed by atoms with Gasteiger partial charge in [-0.25, -0.2) is 0 Å². The summed E-state index contributed by atoms with van der Waals surface area (Å²) in [5.74, 6) is 0.898. The number of hydrogen-bond donors (Lipinski definition) is 1. The highest BCUT2D eigenvalue weighted by Gasteiger charge is 2.49. The van der Waals surface area contributed by atoms with Gasteiger partial charge in [0.2, 0.25) is 0 Å². The Morgan fingerprint density at radius 1 is 1.47 bits per heavy atom. The van der Waals surface area contributed by atoms with Gasteiger partial charge in [0.15, 0.2) is 0 Å². The highest BCUT2D eigenvalue weighted by molar-refractivity contribution is 5.30. The first kappa shape index (κ1) is 11.1. The summed E-state index contributed by atoms with van der Waals surface area (Å²) in [5, 5.41) is 0. The van der Waals surface area contributed by atoms with Gasteiger partial charge in [0.25, 0.3) is 0 Å². The number of rotatable bonds is 3. The van der Waals surface area contributed by atoms with Crippen LogP contribution < -0.4 is 10.5 Å². The zero-order chi connectivity index (χ0) is 11.9. The third kappa shape index (κ3) is 1.94. The molecule has 2 fully saturated rings. The fourth-order valence-electron chi connectivity index (χ4n) is 3.18. The number of nitrogens with two attached hydrogens (primary N) is 1. The van der Waals surface area contributed by atoms with Crippen LogP contribution in [0.15, 0.2) is 24.3 Å².